The number of anilines is 1. The normalized spacial score (nSPS) is 12.8. The highest BCUT2D eigenvalue weighted by Crippen LogP contribution is 2.19. The molecule has 0 fully saturated rings. The molecule has 0 bridgehead atoms. The first kappa shape index (κ1) is 14.9. The third-order valence-corrected chi connectivity index (χ3v) is 2.99. The Labute approximate surface area is 110 Å². The fourth-order valence-electron chi connectivity index (χ4n) is 1.85. The number of aromatic nitrogens is 1. The van der Waals surface area contributed by atoms with E-state index in [1.165, 1.54) is 0 Å². The van der Waals surface area contributed by atoms with Crippen LogP contribution < -0.4 is 4.90 Å². The first-order valence-electron chi connectivity index (χ1n) is 6.49. The zero-order valence-corrected chi connectivity index (χ0v) is 11.8. The minimum Gasteiger partial charge on any atom is -0.387 e. The first-order valence-corrected chi connectivity index (χ1v) is 6.49. The lowest BCUT2D eigenvalue weighted by molar-refractivity contribution is 0.169. The molecule has 0 aliphatic heterocycles. The van der Waals surface area contributed by atoms with E-state index in [1.807, 2.05) is 25.3 Å². The molecule has 1 aromatic rings. The molecule has 4 nitrogen and oxygen atoms in total. The first-order chi connectivity index (χ1) is 8.60. The largest absolute Gasteiger partial charge is 0.387 e. The van der Waals surface area contributed by atoms with Gasteiger partial charge in [0.1, 0.15) is 0 Å². The van der Waals surface area contributed by atoms with Crippen LogP contribution in [0.3, 0.4) is 0 Å². The highest BCUT2D eigenvalue weighted by atomic mass is 16.5. The molecular weight excluding hydrogens is 228 g/mol. The summed E-state index contributed by atoms with van der Waals surface area (Å²) < 4.78 is 5.12. The van der Waals surface area contributed by atoms with E-state index in [-0.39, 0.29) is 0 Å². The zero-order valence-electron chi connectivity index (χ0n) is 11.8. The number of ether oxygens (including phenoxy) is 1. The monoisotopic (exact) mass is 252 g/mol. The Morgan fingerprint density at radius 1 is 1.39 bits per heavy atom. The van der Waals surface area contributed by atoms with Crippen molar-refractivity contribution in [3.8, 4) is 0 Å². The molecule has 102 valence electrons. The van der Waals surface area contributed by atoms with Gasteiger partial charge in [0, 0.05) is 19.7 Å². The number of pyridine rings is 1. The molecule has 1 aromatic heterocycles. The van der Waals surface area contributed by atoms with E-state index in [0.717, 1.165) is 17.9 Å². The number of hydrogen-bond acceptors (Lipinski definition) is 4. The van der Waals surface area contributed by atoms with Gasteiger partial charge in [-0.3, -0.25) is 4.98 Å². The van der Waals surface area contributed by atoms with Crippen LogP contribution in [0.4, 0.5) is 5.69 Å². The van der Waals surface area contributed by atoms with Crippen LogP contribution in [-0.4, -0.2) is 36.4 Å². The molecule has 0 aromatic carbocycles. The summed E-state index contributed by atoms with van der Waals surface area (Å²) in [6, 6.07) is 4.30. The lowest BCUT2D eigenvalue weighted by Crippen LogP contribution is -2.33. The van der Waals surface area contributed by atoms with E-state index < -0.39 is 6.10 Å². The van der Waals surface area contributed by atoms with Gasteiger partial charge in [-0.05, 0) is 32.4 Å². The van der Waals surface area contributed by atoms with Gasteiger partial charge in [-0.15, -0.1) is 0 Å². The average Bonchev–Trinajstić information content (AvgIpc) is 2.38. The van der Waals surface area contributed by atoms with Crippen molar-refractivity contribution in [2.45, 2.75) is 39.3 Å². The molecule has 0 spiro atoms. The molecule has 0 amide bonds. The molecular formula is C14H24N2O2. The van der Waals surface area contributed by atoms with Crippen LogP contribution >= 0.6 is 0 Å². The molecule has 0 unspecified atom stereocenters. The van der Waals surface area contributed by atoms with Crippen molar-refractivity contribution in [3.63, 3.8) is 0 Å². The summed E-state index contributed by atoms with van der Waals surface area (Å²) in [5, 5.41) is 9.71. The molecule has 0 aliphatic rings. The van der Waals surface area contributed by atoms with E-state index in [9.17, 15) is 5.11 Å². The quantitative estimate of drug-likeness (QED) is 0.809. The van der Waals surface area contributed by atoms with E-state index in [1.54, 1.807) is 7.11 Å². The van der Waals surface area contributed by atoms with E-state index in [4.69, 9.17) is 4.74 Å². The van der Waals surface area contributed by atoms with Gasteiger partial charge in [-0.25, -0.2) is 0 Å². The summed E-state index contributed by atoms with van der Waals surface area (Å²) in [5.74, 6) is 0. The molecule has 18 heavy (non-hydrogen) atoms. The molecule has 0 aliphatic carbocycles. The van der Waals surface area contributed by atoms with Crippen molar-refractivity contribution in [3.05, 3.63) is 24.0 Å². The van der Waals surface area contributed by atoms with Crippen molar-refractivity contribution >= 4 is 5.69 Å². The Kier molecular flexibility index (Phi) is 6.09. The smallest absolute Gasteiger partial charge is 0.0957 e. The summed E-state index contributed by atoms with van der Waals surface area (Å²) >= 11 is 0. The lowest BCUT2D eigenvalue weighted by Gasteiger charge is -2.28. The maximum absolute atomic E-state index is 9.71. The molecule has 4 heteroatoms. The number of aliphatic hydroxyl groups is 1. The van der Waals surface area contributed by atoms with Crippen molar-refractivity contribution in [2.24, 2.45) is 0 Å². The van der Waals surface area contributed by atoms with Crippen LogP contribution in [-0.2, 0) is 4.74 Å². The van der Waals surface area contributed by atoms with Gasteiger partial charge in [0.15, 0.2) is 0 Å². The SMILES string of the molecule is CC[C@@H](O)c1ccc(N(CCOC)C(C)C)cn1. The molecule has 0 saturated carbocycles. The Morgan fingerprint density at radius 2 is 2.11 bits per heavy atom. The highest BCUT2D eigenvalue weighted by Gasteiger charge is 2.12. The summed E-state index contributed by atoms with van der Waals surface area (Å²) in [7, 11) is 1.71. The maximum atomic E-state index is 9.71. The lowest BCUT2D eigenvalue weighted by atomic mass is 10.1. The van der Waals surface area contributed by atoms with Gasteiger partial charge in [-0.2, -0.15) is 0 Å². The van der Waals surface area contributed by atoms with Gasteiger partial charge in [0.25, 0.3) is 0 Å². The Hall–Kier alpha value is -1.13. The Morgan fingerprint density at radius 3 is 2.56 bits per heavy atom. The van der Waals surface area contributed by atoms with Gasteiger partial charge < -0.3 is 14.7 Å². The van der Waals surface area contributed by atoms with E-state index >= 15 is 0 Å². The second kappa shape index (κ2) is 7.34. The van der Waals surface area contributed by atoms with Crippen LogP contribution in [0.15, 0.2) is 18.3 Å². The van der Waals surface area contributed by atoms with Crippen LogP contribution in [0.2, 0.25) is 0 Å². The molecule has 0 saturated heterocycles. The van der Waals surface area contributed by atoms with E-state index in [2.05, 4.69) is 23.7 Å². The topological polar surface area (TPSA) is 45.6 Å². The summed E-state index contributed by atoms with van der Waals surface area (Å²) in [6.45, 7) is 7.76. The molecule has 1 atom stereocenters. The minimum atomic E-state index is -0.467. The van der Waals surface area contributed by atoms with Crippen LogP contribution in [0.1, 0.15) is 39.0 Å². The fourth-order valence-corrected chi connectivity index (χ4v) is 1.85. The van der Waals surface area contributed by atoms with Crippen LogP contribution in [0.5, 0.6) is 0 Å². The Bertz CT molecular complexity index is 338. The summed E-state index contributed by atoms with van der Waals surface area (Å²) in [4.78, 5) is 6.56. The third-order valence-electron chi connectivity index (χ3n) is 2.99. The van der Waals surface area contributed by atoms with Crippen molar-refractivity contribution < 1.29 is 9.84 Å². The Balaban J connectivity index is 2.80. The number of nitrogens with zero attached hydrogens (tertiary/aromatic N) is 2. The standard InChI is InChI=1S/C14H24N2O2/c1-5-14(17)13-7-6-12(10-15-13)16(11(2)3)8-9-18-4/h6-7,10-11,14,17H,5,8-9H2,1-4H3/t14-/m1/s1. The number of rotatable bonds is 7. The minimum absolute atomic E-state index is 0.392. The van der Waals surface area contributed by atoms with Gasteiger partial charge in [0.2, 0.25) is 0 Å². The van der Waals surface area contributed by atoms with Crippen LogP contribution in [0.25, 0.3) is 0 Å². The van der Waals surface area contributed by atoms with Crippen molar-refractivity contribution in [2.75, 3.05) is 25.2 Å². The fraction of sp³-hybridized carbons (Fsp3) is 0.643. The molecule has 0 radical (unpaired) electrons. The zero-order chi connectivity index (χ0) is 13.5. The number of aliphatic hydroxyl groups excluding tert-OH is 1. The predicted molar refractivity (Wildman–Crippen MR) is 73.8 cm³/mol. The van der Waals surface area contributed by atoms with Crippen LogP contribution in [0, 0.1) is 0 Å². The van der Waals surface area contributed by atoms with Gasteiger partial charge >= 0.3 is 0 Å². The predicted octanol–water partition coefficient (Wildman–Crippen LogP) is 2.39. The molecule has 1 N–H and O–H groups in total. The number of hydrogen-bond donors (Lipinski definition) is 1. The summed E-state index contributed by atoms with van der Waals surface area (Å²) in [6.07, 6.45) is 2.04. The average molecular weight is 252 g/mol. The van der Waals surface area contributed by atoms with Crippen molar-refractivity contribution in [1.82, 2.24) is 4.98 Å². The summed E-state index contributed by atoms with van der Waals surface area (Å²) in [5.41, 5.74) is 1.80. The van der Waals surface area contributed by atoms with Crippen molar-refractivity contribution in [1.29, 1.82) is 0 Å². The third kappa shape index (κ3) is 3.96. The number of methoxy groups -OCH3 is 1. The van der Waals surface area contributed by atoms with Gasteiger partial charge in [0.05, 0.1) is 30.3 Å². The van der Waals surface area contributed by atoms with Gasteiger partial charge in [-0.1, -0.05) is 6.92 Å². The molecule has 1 rings (SSSR count). The molecule has 1 heterocycles. The second-order valence-corrected chi connectivity index (χ2v) is 4.65. The highest BCUT2D eigenvalue weighted by molar-refractivity contribution is 5.45. The second-order valence-electron chi connectivity index (χ2n) is 4.65. The van der Waals surface area contributed by atoms with E-state index in [0.29, 0.717) is 19.1 Å². The maximum Gasteiger partial charge on any atom is 0.0957 e.